The number of hydrogen-bond acceptors (Lipinski definition) is 3. The van der Waals surface area contributed by atoms with Gasteiger partial charge in [0.15, 0.2) is 17.3 Å². The van der Waals surface area contributed by atoms with Crippen molar-refractivity contribution in [2.75, 3.05) is 5.73 Å². The molecule has 0 saturated carbocycles. The lowest BCUT2D eigenvalue weighted by Crippen LogP contribution is -1.96. The molecule has 3 aromatic rings. The average molecular weight is 272 g/mol. The Morgan fingerprint density at radius 1 is 0.950 bits per heavy atom. The number of halogens is 2. The number of rotatable bonds is 2. The van der Waals surface area contributed by atoms with E-state index in [1.165, 1.54) is 12.1 Å². The van der Waals surface area contributed by atoms with Gasteiger partial charge in [0.2, 0.25) is 5.82 Å². The average Bonchev–Trinajstić information content (AvgIpc) is 2.47. The van der Waals surface area contributed by atoms with E-state index in [4.69, 9.17) is 10.5 Å². The highest BCUT2D eigenvalue weighted by molar-refractivity contribution is 5.93. The summed E-state index contributed by atoms with van der Waals surface area (Å²) in [4.78, 5) is 4.15. The molecule has 0 fully saturated rings. The largest absolute Gasteiger partial charge is 0.452 e. The van der Waals surface area contributed by atoms with E-state index in [1.54, 1.807) is 30.5 Å². The molecule has 0 aliphatic rings. The van der Waals surface area contributed by atoms with Crippen LogP contribution in [-0.2, 0) is 0 Å². The van der Waals surface area contributed by atoms with E-state index >= 15 is 0 Å². The maximum Gasteiger partial charge on any atom is 0.201 e. The lowest BCUT2D eigenvalue weighted by atomic mass is 10.1. The molecule has 0 atom stereocenters. The van der Waals surface area contributed by atoms with Crippen molar-refractivity contribution in [2.45, 2.75) is 0 Å². The van der Waals surface area contributed by atoms with Gasteiger partial charge in [-0.15, -0.1) is 0 Å². The first-order chi connectivity index (χ1) is 9.66. The number of anilines is 1. The van der Waals surface area contributed by atoms with E-state index in [0.29, 0.717) is 16.6 Å². The molecule has 5 heteroatoms. The molecule has 0 spiro atoms. The predicted molar refractivity (Wildman–Crippen MR) is 72.6 cm³/mol. The number of pyridine rings is 1. The van der Waals surface area contributed by atoms with E-state index in [1.807, 2.05) is 0 Å². The summed E-state index contributed by atoms with van der Waals surface area (Å²) in [5.41, 5.74) is 7.01. The monoisotopic (exact) mass is 272 g/mol. The quantitative estimate of drug-likeness (QED) is 0.720. The second-order valence-electron chi connectivity index (χ2n) is 4.20. The van der Waals surface area contributed by atoms with E-state index < -0.39 is 11.6 Å². The lowest BCUT2D eigenvalue weighted by Gasteiger charge is -2.11. The molecule has 0 aliphatic heterocycles. The summed E-state index contributed by atoms with van der Waals surface area (Å²) in [6.45, 7) is 0. The highest BCUT2D eigenvalue weighted by atomic mass is 19.2. The van der Waals surface area contributed by atoms with E-state index in [-0.39, 0.29) is 11.5 Å². The Morgan fingerprint density at radius 2 is 1.80 bits per heavy atom. The van der Waals surface area contributed by atoms with Gasteiger partial charge >= 0.3 is 0 Å². The summed E-state index contributed by atoms with van der Waals surface area (Å²) in [6.07, 6.45) is 1.65. The smallest absolute Gasteiger partial charge is 0.201 e. The third kappa shape index (κ3) is 2.03. The van der Waals surface area contributed by atoms with Crippen LogP contribution in [0.1, 0.15) is 0 Å². The number of nitrogens with zero attached hydrogens (tertiary/aromatic N) is 1. The molecule has 3 nitrogen and oxygen atoms in total. The van der Waals surface area contributed by atoms with Crippen molar-refractivity contribution in [3.05, 3.63) is 60.3 Å². The predicted octanol–water partition coefficient (Wildman–Crippen LogP) is 3.89. The van der Waals surface area contributed by atoms with Crippen LogP contribution in [0, 0.1) is 11.6 Å². The van der Waals surface area contributed by atoms with Crippen LogP contribution in [0.2, 0.25) is 0 Å². The first-order valence-corrected chi connectivity index (χ1v) is 5.92. The number of nitrogen functional groups attached to an aromatic ring is 1. The van der Waals surface area contributed by atoms with Gasteiger partial charge in [0, 0.05) is 11.6 Å². The van der Waals surface area contributed by atoms with Crippen molar-refractivity contribution in [2.24, 2.45) is 0 Å². The molecule has 0 amide bonds. The van der Waals surface area contributed by atoms with Gasteiger partial charge in [-0.05, 0) is 36.4 Å². The topological polar surface area (TPSA) is 48.1 Å². The SMILES string of the molecule is Nc1c(Oc2cccc(F)c2F)ccc2ncccc12. The molecular weight excluding hydrogens is 262 g/mol. The molecule has 20 heavy (non-hydrogen) atoms. The second-order valence-corrected chi connectivity index (χ2v) is 4.20. The summed E-state index contributed by atoms with van der Waals surface area (Å²) in [5.74, 6) is -1.96. The highest BCUT2D eigenvalue weighted by Crippen LogP contribution is 2.34. The minimum Gasteiger partial charge on any atom is -0.452 e. The lowest BCUT2D eigenvalue weighted by molar-refractivity contribution is 0.417. The first kappa shape index (κ1) is 12.3. The Morgan fingerprint density at radius 3 is 2.65 bits per heavy atom. The molecule has 1 aromatic heterocycles. The number of benzene rings is 2. The zero-order chi connectivity index (χ0) is 14.1. The fraction of sp³-hybridized carbons (Fsp3) is 0. The van der Waals surface area contributed by atoms with Gasteiger partial charge in [0.25, 0.3) is 0 Å². The van der Waals surface area contributed by atoms with Crippen molar-refractivity contribution in [3.8, 4) is 11.5 Å². The summed E-state index contributed by atoms with van der Waals surface area (Å²) < 4.78 is 32.1. The van der Waals surface area contributed by atoms with Crippen LogP contribution < -0.4 is 10.5 Å². The van der Waals surface area contributed by atoms with Crippen molar-refractivity contribution in [1.82, 2.24) is 4.98 Å². The summed E-state index contributed by atoms with van der Waals surface area (Å²) in [5, 5.41) is 0.696. The molecule has 0 saturated heterocycles. The highest BCUT2D eigenvalue weighted by Gasteiger charge is 2.12. The van der Waals surface area contributed by atoms with Crippen LogP contribution >= 0.6 is 0 Å². The van der Waals surface area contributed by atoms with Crippen molar-refractivity contribution in [3.63, 3.8) is 0 Å². The Kier molecular flexibility index (Phi) is 2.95. The number of aromatic nitrogens is 1. The van der Waals surface area contributed by atoms with Crippen LogP contribution in [0.15, 0.2) is 48.7 Å². The summed E-state index contributed by atoms with van der Waals surface area (Å²) >= 11 is 0. The molecule has 0 aliphatic carbocycles. The molecule has 0 unspecified atom stereocenters. The van der Waals surface area contributed by atoms with Crippen molar-refractivity contribution >= 4 is 16.6 Å². The number of nitrogens with two attached hydrogens (primary N) is 1. The van der Waals surface area contributed by atoms with Gasteiger partial charge in [0.1, 0.15) is 0 Å². The van der Waals surface area contributed by atoms with Crippen LogP contribution in [-0.4, -0.2) is 4.98 Å². The van der Waals surface area contributed by atoms with E-state index in [2.05, 4.69) is 4.98 Å². The molecule has 0 bridgehead atoms. The number of hydrogen-bond donors (Lipinski definition) is 1. The van der Waals surface area contributed by atoms with Gasteiger partial charge in [-0.25, -0.2) is 4.39 Å². The van der Waals surface area contributed by atoms with Crippen LogP contribution in [0.4, 0.5) is 14.5 Å². The number of fused-ring (bicyclic) bond motifs is 1. The van der Waals surface area contributed by atoms with Crippen molar-refractivity contribution in [1.29, 1.82) is 0 Å². The van der Waals surface area contributed by atoms with Crippen molar-refractivity contribution < 1.29 is 13.5 Å². The molecule has 1 heterocycles. The molecule has 0 radical (unpaired) electrons. The van der Waals surface area contributed by atoms with Crippen LogP contribution in [0.3, 0.4) is 0 Å². The van der Waals surface area contributed by atoms with E-state index in [0.717, 1.165) is 6.07 Å². The van der Waals surface area contributed by atoms with Gasteiger partial charge in [-0.3, -0.25) is 4.98 Å². The summed E-state index contributed by atoms with van der Waals surface area (Å²) in [7, 11) is 0. The fourth-order valence-electron chi connectivity index (χ4n) is 1.93. The minimum atomic E-state index is -1.04. The Bertz CT molecular complexity index is 790. The standard InChI is InChI=1S/C15H10F2N2O/c16-10-4-1-5-12(14(10)17)20-13-7-6-11-9(15(13)18)3-2-8-19-11/h1-8H,18H2. The van der Waals surface area contributed by atoms with Gasteiger partial charge in [-0.1, -0.05) is 6.07 Å². The molecule has 2 N–H and O–H groups in total. The maximum atomic E-state index is 13.6. The molecule has 3 rings (SSSR count). The Balaban J connectivity index is 2.07. The maximum absolute atomic E-state index is 13.6. The summed E-state index contributed by atoms with van der Waals surface area (Å²) in [6, 6.07) is 10.5. The minimum absolute atomic E-state index is 0.208. The van der Waals surface area contributed by atoms with Crippen LogP contribution in [0.25, 0.3) is 10.9 Å². The van der Waals surface area contributed by atoms with Gasteiger partial charge in [-0.2, -0.15) is 4.39 Å². The Labute approximate surface area is 113 Å². The Hall–Kier alpha value is -2.69. The molecule has 100 valence electrons. The molecule has 2 aromatic carbocycles. The third-order valence-corrected chi connectivity index (χ3v) is 2.92. The van der Waals surface area contributed by atoms with Crippen LogP contribution in [0.5, 0.6) is 11.5 Å². The molecular formula is C15H10F2N2O. The van der Waals surface area contributed by atoms with E-state index in [9.17, 15) is 8.78 Å². The fourth-order valence-corrected chi connectivity index (χ4v) is 1.93. The normalized spacial score (nSPS) is 10.7. The second kappa shape index (κ2) is 4.77. The first-order valence-electron chi connectivity index (χ1n) is 5.92. The van der Waals surface area contributed by atoms with Gasteiger partial charge in [0.05, 0.1) is 11.2 Å². The zero-order valence-electron chi connectivity index (χ0n) is 10.3. The van der Waals surface area contributed by atoms with Gasteiger partial charge < -0.3 is 10.5 Å². The zero-order valence-corrected chi connectivity index (χ0v) is 10.3. The third-order valence-electron chi connectivity index (χ3n) is 2.92. The number of ether oxygens (including phenoxy) is 1.